The molecule has 0 bridgehead atoms. The number of carbonyl (C=O) groups is 2. The normalized spacial score (nSPS) is 16.1. The second-order valence-electron chi connectivity index (χ2n) is 8.64. The zero-order valence-electron chi connectivity index (χ0n) is 18.8. The lowest BCUT2D eigenvalue weighted by molar-refractivity contribution is -0.124. The van der Waals surface area contributed by atoms with E-state index in [-0.39, 0.29) is 23.8 Å². The van der Waals surface area contributed by atoms with Gasteiger partial charge in [0.1, 0.15) is 0 Å². The topological polar surface area (TPSA) is 64.7 Å². The highest BCUT2D eigenvalue weighted by atomic mass is 16.2. The summed E-state index contributed by atoms with van der Waals surface area (Å²) in [6.07, 6.45) is 1.98. The van der Waals surface area contributed by atoms with Crippen molar-refractivity contribution in [2.45, 2.75) is 33.2 Å². The van der Waals surface area contributed by atoms with Gasteiger partial charge in [0.05, 0.1) is 11.4 Å². The van der Waals surface area contributed by atoms with Crippen LogP contribution >= 0.6 is 0 Å². The number of urea groups is 1. The van der Waals surface area contributed by atoms with Crippen LogP contribution in [0, 0.1) is 11.8 Å². The van der Waals surface area contributed by atoms with Gasteiger partial charge in [0.25, 0.3) is 0 Å². The number of carbonyl (C=O) groups excluding carboxylic acids is 2. The third-order valence-electron chi connectivity index (χ3n) is 5.72. The van der Waals surface area contributed by atoms with Gasteiger partial charge in [-0.2, -0.15) is 0 Å². The van der Waals surface area contributed by atoms with Crippen molar-refractivity contribution in [2.75, 3.05) is 36.9 Å². The molecule has 166 valence electrons. The molecule has 2 aromatic rings. The summed E-state index contributed by atoms with van der Waals surface area (Å²) in [6.45, 7) is 6.56. The Balaban J connectivity index is 1.60. The molecular weight excluding hydrogens is 388 g/mol. The Kier molecular flexibility index (Phi) is 7.93. The standard InChI is InChI=1S/C25H34N4O2/c1-19(2)24(30)26-16-21-12-9-15-29(18-21)25(31)27-22-13-7-8-14-23(22)28(3)17-20-10-5-4-6-11-20/h4-8,10-11,13-14,19,21H,9,12,15-18H2,1-3H3,(H,26,30)(H,27,31). The Bertz CT molecular complexity index is 869. The molecule has 0 aliphatic carbocycles. The van der Waals surface area contributed by atoms with Crippen LogP contribution in [0.4, 0.5) is 16.2 Å². The van der Waals surface area contributed by atoms with Crippen molar-refractivity contribution in [2.24, 2.45) is 11.8 Å². The Morgan fingerprint density at radius 3 is 2.55 bits per heavy atom. The molecule has 1 aliphatic heterocycles. The first-order chi connectivity index (χ1) is 14.9. The monoisotopic (exact) mass is 422 g/mol. The fraction of sp³-hybridized carbons (Fsp3) is 0.440. The summed E-state index contributed by atoms with van der Waals surface area (Å²) in [7, 11) is 2.03. The number of piperidine rings is 1. The van der Waals surface area contributed by atoms with Crippen molar-refractivity contribution in [3.05, 3.63) is 60.2 Å². The summed E-state index contributed by atoms with van der Waals surface area (Å²) in [6, 6.07) is 18.1. The largest absolute Gasteiger partial charge is 0.369 e. The highest BCUT2D eigenvalue weighted by Crippen LogP contribution is 2.27. The van der Waals surface area contributed by atoms with Crippen LogP contribution in [0.15, 0.2) is 54.6 Å². The summed E-state index contributed by atoms with van der Waals surface area (Å²) in [5.41, 5.74) is 3.01. The van der Waals surface area contributed by atoms with Crippen LogP contribution in [0.25, 0.3) is 0 Å². The smallest absolute Gasteiger partial charge is 0.321 e. The lowest BCUT2D eigenvalue weighted by Crippen LogP contribution is -2.45. The predicted molar refractivity (Wildman–Crippen MR) is 126 cm³/mol. The minimum absolute atomic E-state index is 0.0210. The number of para-hydroxylation sites is 2. The average Bonchev–Trinajstić information content (AvgIpc) is 2.78. The van der Waals surface area contributed by atoms with Gasteiger partial charge in [-0.15, -0.1) is 0 Å². The van der Waals surface area contributed by atoms with E-state index in [0.29, 0.717) is 13.1 Å². The maximum Gasteiger partial charge on any atom is 0.321 e. The maximum atomic E-state index is 13.0. The number of anilines is 2. The molecule has 3 amide bonds. The first kappa shape index (κ1) is 22.7. The Morgan fingerprint density at radius 1 is 1.10 bits per heavy atom. The van der Waals surface area contributed by atoms with Crippen LogP contribution in [0.5, 0.6) is 0 Å². The molecule has 6 nitrogen and oxygen atoms in total. The van der Waals surface area contributed by atoms with Gasteiger partial charge in [0.2, 0.25) is 5.91 Å². The van der Waals surface area contributed by atoms with Crippen LogP contribution in [0.3, 0.4) is 0 Å². The van der Waals surface area contributed by atoms with Gasteiger partial charge in [0, 0.05) is 39.1 Å². The average molecular weight is 423 g/mol. The Hall–Kier alpha value is -3.02. The van der Waals surface area contributed by atoms with Gasteiger partial charge in [-0.1, -0.05) is 56.3 Å². The predicted octanol–water partition coefficient (Wildman–Crippen LogP) is 4.34. The van der Waals surface area contributed by atoms with Crippen molar-refractivity contribution in [3.63, 3.8) is 0 Å². The van der Waals surface area contributed by atoms with E-state index in [1.165, 1.54) is 5.56 Å². The Morgan fingerprint density at radius 2 is 1.81 bits per heavy atom. The number of benzene rings is 2. The number of nitrogens with zero attached hydrogens (tertiary/aromatic N) is 2. The molecule has 3 rings (SSSR count). The molecule has 1 fully saturated rings. The van der Waals surface area contributed by atoms with Crippen LogP contribution in [0.1, 0.15) is 32.3 Å². The minimum atomic E-state index is -0.0829. The minimum Gasteiger partial charge on any atom is -0.369 e. The second-order valence-corrected chi connectivity index (χ2v) is 8.64. The molecule has 0 aromatic heterocycles. The van der Waals surface area contributed by atoms with Crippen LogP contribution in [-0.4, -0.2) is 43.5 Å². The molecular formula is C25H34N4O2. The molecule has 2 N–H and O–H groups in total. The first-order valence-corrected chi connectivity index (χ1v) is 11.1. The van der Waals surface area contributed by atoms with Gasteiger partial charge in [0.15, 0.2) is 0 Å². The number of hydrogen-bond acceptors (Lipinski definition) is 3. The molecule has 2 aromatic carbocycles. The van der Waals surface area contributed by atoms with E-state index in [2.05, 4.69) is 27.7 Å². The van der Waals surface area contributed by atoms with Gasteiger partial charge >= 0.3 is 6.03 Å². The van der Waals surface area contributed by atoms with E-state index in [0.717, 1.165) is 37.3 Å². The molecule has 0 spiro atoms. The number of amides is 3. The summed E-state index contributed by atoms with van der Waals surface area (Å²) in [5, 5.41) is 6.11. The fourth-order valence-corrected chi connectivity index (χ4v) is 3.91. The van der Waals surface area contributed by atoms with Crippen LogP contribution < -0.4 is 15.5 Å². The number of hydrogen-bond donors (Lipinski definition) is 2. The quantitative estimate of drug-likeness (QED) is 0.698. The summed E-state index contributed by atoms with van der Waals surface area (Å²) < 4.78 is 0. The molecule has 1 saturated heterocycles. The summed E-state index contributed by atoms with van der Waals surface area (Å²) in [4.78, 5) is 28.9. The van der Waals surface area contributed by atoms with Crippen LogP contribution in [0.2, 0.25) is 0 Å². The number of rotatable bonds is 7. The molecule has 1 atom stereocenters. The van der Waals surface area contributed by atoms with Crippen molar-refractivity contribution in [1.29, 1.82) is 0 Å². The molecule has 6 heteroatoms. The lowest BCUT2D eigenvalue weighted by Gasteiger charge is -2.33. The van der Waals surface area contributed by atoms with E-state index in [1.807, 2.05) is 68.3 Å². The molecule has 1 heterocycles. The van der Waals surface area contributed by atoms with Gasteiger partial charge in [-0.3, -0.25) is 4.79 Å². The fourth-order valence-electron chi connectivity index (χ4n) is 3.91. The third kappa shape index (κ3) is 6.48. The Labute approximate surface area is 185 Å². The molecule has 1 aliphatic rings. The van der Waals surface area contributed by atoms with E-state index < -0.39 is 0 Å². The number of nitrogens with one attached hydrogen (secondary N) is 2. The molecule has 0 saturated carbocycles. The van der Waals surface area contributed by atoms with Crippen molar-refractivity contribution >= 4 is 23.3 Å². The van der Waals surface area contributed by atoms with E-state index >= 15 is 0 Å². The van der Waals surface area contributed by atoms with Crippen molar-refractivity contribution in [3.8, 4) is 0 Å². The summed E-state index contributed by atoms with van der Waals surface area (Å²) in [5.74, 6) is 0.336. The maximum absolute atomic E-state index is 13.0. The van der Waals surface area contributed by atoms with Gasteiger partial charge in [-0.25, -0.2) is 4.79 Å². The van der Waals surface area contributed by atoms with E-state index in [9.17, 15) is 9.59 Å². The third-order valence-corrected chi connectivity index (χ3v) is 5.72. The zero-order valence-corrected chi connectivity index (χ0v) is 18.8. The van der Waals surface area contributed by atoms with E-state index in [1.54, 1.807) is 0 Å². The second kappa shape index (κ2) is 10.8. The highest BCUT2D eigenvalue weighted by Gasteiger charge is 2.25. The van der Waals surface area contributed by atoms with Crippen molar-refractivity contribution < 1.29 is 9.59 Å². The molecule has 0 radical (unpaired) electrons. The SMILES string of the molecule is CC(C)C(=O)NCC1CCCN(C(=O)Nc2ccccc2N(C)Cc2ccccc2)C1. The van der Waals surface area contributed by atoms with E-state index in [4.69, 9.17) is 0 Å². The highest BCUT2D eigenvalue weighted by molar-refractivity contribution is 5.93. The van der Waals surface area contributed by atoms with Gasteiger partial charge < -0.3 is 20.4 Å². The van der Waals surface area contributed by atoms with Crippen LogP contribution in [-0.2, 0) is 11.3 Å². The van der Waals surface area contributed by atoms with Gasteiger partial charge in [-0.05, 0) is 36.5 Å². The molecule has 1 unspecified atom stereocenters. The van der Waals surface area contributed by atoms with Crippen molar-refractivity contribution in [1.82, 2.24) is 10.2 Å². The summed E-state index contributed by atoms with van der Waals surface area (Å²) >= 11 is 0. The molecule has 31 heavy (non-hydrogen) atoms. The zero-order chi connectivity index (χ0) is 22.2. The first-order valence-electron chi connectivity index (χ1n) is 11.1. The number of likely N-dealkylation sites (tertiary alicyclic amines) is 1. The lowest BCUT2D eigenvalue weighted by atomic mass is 9.98.